The largest absolute Gasteiger partial charge is 0.326 e. The summed E-state index contributed by atoms with van der Waals surface area (Å²) in [5, 5.41) is 0.407. The normalized spacial score (nSPS) is 27.8. The number of benzene rings is 1. The van der Waals surface area contributed by atoms with Crippen LogP contribution in [0.3, 0.4) is 0 Å². The number of nitrogens with zero attached hydrogens (tertiary/aromatic N) is 1. The van der Waals surface area contributed by atoms with Gasteiger partial charge < -0.3 is 5.73 Å². The maximum absolute atomic E-state index is 12.9. The maximum Gasteiger partial charge on any atom is 0.243 e. The Balaban J connectivity index is 2.39. The molecule has 3 unspecified atom stereocenters. The lowest BCUT2D eigenvalue weighted by molar-refractivity contribution is 0.157. The molecule has 0 aliphatic carbocycles. The molecule has 0 bridgehead atoms. The van der Waals surface area contributed by atoms with Gasteiger partial charge in [0, 0.05) is 24.2 Å². The first kappa shape index (κ1) is 16.7. The third kappa shape index (κ3) is 3.26. The topological polar surface area (TPSA) is 63.4 Å². The van der Waals surface area contributed by atoms with Crippen LogP contribution in [0.1, 0.15) is 32.8 Å². The summed E-state index contributed by atoms with van der Waals surface area (Å²) >= 11 is 6.11. The van der Waals surface area contributed by atoms with Gasteiger partial charge >= 0.3 is 0 Å². The van der Waals surface area contributed by atoms with Gasteiger partial charge in [0.2, 0.25) is 10.0 Å². The minimum absolute atomic E-state index is 0.000777. The van der Waals surface area contributed by atoms with Gasteiger partial charge in [0.25, 0.3) is 0 Å². The van der Waals surface area contributed by atoms with E-state index in [1.54, 1.807) is 16.4 Å². The number of nitrogens with two attached hydrogens (primary N) is 1. The molecule has 118 valence electrons. The molecule has 21 heavy (non-hydrogen) atoms. The van der Waals surface area contributed by atoms with Crippen LogP contribution in [0.15, 0.2) is 23.1 Å². The smallest absolute Gasteiger partial charge is 0.243 e. The first-order chi connectivity index (χ1) is 9.77. The van der Waals surface area contributed by atoms with Gasteiger partial charge in [-0.3, -0.25) is 0 Å². The number of halogens is 1. The summed E-state index contributed by atoms with van der Waals surface area (Å²) in [6.45, 7) is 7.03. The molecule has 2 N–H and O–H groups in total. The van der Waals surface area contributed by atoms with Gasteiger partial charge in [0.05, 0.1) is 4.90 Å². The van der Waals surface area contributed by atoms with E-state index in [1.165, 1.54) is 6.07 Å². The van der Waals surface area contributed by atoms with Crippen molar-refractivity contribution in [2.24, 2.45) is 17.6 Å². The molecule has 4 nitrogen and oxygen atoms in total. The summed E-state index contributed by atoms with van der Waals surface area (Å²) in [5.74, 6) is 0.715. The van der Waals surface area contributed by atoms with Gasteiger partial charge in [-0.15, -0.1) is 0 Å². The van der Waals surface area contributed by atoms with E-state index in [-0.39, 0.29) is 10.9 Å². The van der Waals surface area contributed by atoms with Gasteiger partial charge in [-0.05, 0) is 42.9 Å². The Kier molecular flexibility index (Phi) is 4.98. The minimum atomic E-state index is -3.52. The molecule has 1 aromatic carbocycles. The fourth-order valence-corrected chi connectivity index (χ4v) is 5.17. The number of sulfonamides is 1. The fourth-order valence-electron chi connectivity index (χ4n) is 2.97. The van der Waals surface area contributed by atoms with E-state index in [9.17, 15) is 8.42 Å². The van der Waals surface area contributed by atoms with E-state index in [0.717, 1.165) is 12.0 Å². The molecule has 0 radical (unpaired) electrons. The van der Waals surface area contributed by atoms with Crippen LogP contribution in [-0.2, 0) is 16.6 Å². The second kappa shape index (κ2) is 6.24. The predicted molar refractivity (Wildman–Crippen MR) is 85.6 cm³/mol. The summed E-state index contributed by atoms with van der Waals surface area (Å²) in [4.78, 5) is 0.248. The van der Waals surface area contributed by atoms with E-state index in [2.05, 4.69) is 13.8 Å². The first-order valence-corrected chi connectivity index (χ1v) is 9.09. The molecule has 1 aromatic rings. The van der Waals surface area contributed by atoms with Gasteiger partial charge in [0.15, 0.2) is 0 Å². The second-order valence-corrected chi connectivity index (χ2v) is 8.39. The summed E-state index contributed by atoms with van der Waals surface area (Å²) in [6, 6.07) is 4.80. The SMILES string of the molecule is CC1CC(C)C(C)N(S(=O)(=O)c2ccc(CN)c(Cl)c2)C1. The van der Waals surface area contributed by atoms with Crippen molar-refractivity contribution in [2.45, 2.75) is 44.7 Å². The van der Waals surface area contributed by atoms with Crippen molar-refractivity contribution in [3.05, 3.63) is 28.8 Å². The van der Waals surface area contributed by atoms with Gasteiger partial charge in [-0.25, -0.2) is 8.42 Å². The fraction of sp³-hybridized carbons (Fsp3) is 0.600. The summed E-state index contributed by atoms with van der Waals surface area (Å²) in [5.41, 5.74) is 6.32. The molecule has 0 saturated carbocycles. The Labute approximate surface area is 132 Å². The zero-order valence-corrected chi connectivity index (χ0v) is 14.3. The van der Waals surface area contributed by atoms with Crippen LogP contribution in [-0.4, -0.2) is 25.3 Å². The van der Waals surface area contributed by atoms with Crippen molar-refractivity contribution >= 4 is 21.6 Å². The molecule has 3 atom stereocenters. The molecule has 1 heterocycles. The average molecular weight is 331 g/mol. The Morgan fingerprint density at radius 2 is 2.00 bits per heavy atom. The highest BCUT2D eigenvalue weighted by Crippen LogP contribution is 2.32. The number of piperidine rings is 1. The summed E-state index contributed by atoms with van der Waals surface area (Å²) in [7, 11) is -3.52. The second-order valence-electron chi connectivity index (χ2n) is 6.09. The van der Waals surface area contributed by atoms with Crippen molar-refractivity contribution in [3.63, 3.8) is 0 Å². The highest BCUT2D eigenvalue weighted by Gasteiger charge is 2.37. The van der Waals surface area contributed by atoms with E-state index < -0.39 is 10.0 Å². The summed E-state index contributed by atoms with van der Waals surface area (Å²) < 4.78 is 27.4. The van der Waals surface area contributed by atoms with Crippen LogP contribution in [0.4, 0.5) is 0 Å². The Morgan fingerprint density at radius 3 is 2.57 bits per heavy atom. The summed E-state index contributed by atoms with van der Waals surface area (Å²) in [6.07, 6.45) is 1.06. The molecule has 0 spiro atoms. The van der Waals surface area contributed by atoms with Gasteiger partial charge in [-0.2, -0.15) is 4.31 Å². The highest BCUT2D eigenvalue weighted by atomic mass is 35.5. The van der Waals surface area contributed by atoms with Crippen molar-refractivity contribution in [1.82, 2.24) is 4.31 Å². The van der Waals surface area contributed by atoms with Crippen LogP contribution in [0.2, 0.25) is 5.02 Å². The van der Waals surface area contributed by atoms with Crippen LogP contribution < -0.4 is 5.73 Å². The van der Waals surface area contributed by atoms with Gasteiger partial charge in [0.1, 0.15) is 0 Å². The molecule has 1 aliphatic heterocycles. The molecule has 0 amide bonds. The third-order valence-corrected chi connectivity index (χ3v) is 6.70. The maximum atomic E-state index is 12.9. The number of hydrogen-bond acceptors (Lipinski definition) is 3. The van der Waals surface area contributed by atoms with Crippen LogP contribution in [0, 0.1) is 11.8 Å². The standard InChI is InChI=1S/C15H23ClN2O2S/c1-10-6-11(2)12(3)18(9-10)21(19,20)14-5-4-13(8-17)15(16)7-14/h4-5,7,10-12H,6,8-9,17H2,1-3H3. The van der Waals surface area contributed by atoms with E-state index >= 15 is 0 Å². The Morgan fingerprint density at radius 1 is 1.33 bits per heavy atom. The number of hydrogen-bond donors (Lipinski definition) is 1. The van der Waals surface area contributed by atoms with Crippen molar-refractivity contribution in [3.8, 4) is 0 Å². The van der Waals surface area contributed by atoms with E-state index in [4.69, 9.17) is 17.3 Å². The van der Waals surface area contributed by atoms with Crippen LogP contribution >= 0.6 is 11.6 Å². The molecule has 1 saturated heterocycles. The minimum Gasteiger partial charge on any atom is -0.326 e. The van der Waals surface area contributed by atoms with Crippen molar-refractivity contribution in [1.29, 1.82) is 0 Å². The lowest BCUT2D eigenvalue weighted by Crippen LogP contribution is -2.48. The number of rotatable bonds is 3. The lowest BCUT2D eigenvalue weighted by Gasteiger charge is -2.40. The molecule has 1 aliphatic rings. The quantitative estimate of drug-likeness (QED) is 0.926. The third-order valence-electron chi connectivity index (χ3n) is 4.39. The van der Waals surface area contributed by atoms with Crippen molar-refractivity contribution < 1.29 is 8.42 Å². The Hall–Kier alpha value is -0.620. The molecule has 2 rings (SSSR count). The zero-order chi connectivity index (χ0) is 15.8. The molecule has 1 fully saturated rings. The average Bonchev–Trinajstić information content (AvgIpc) is 2.42. The molecule has 6 heteroatoms. The monoisotopic (exact) mass is 330 g/mol. The predicted octanol–water partition coefficient (Wildman–Crippen LogP) is 2.85. The van der Waals surface area contributed by atoms with Crippen molar-refractivity contribution in [2.75, 3.05) is 6.54 Å². The lowest BCUT2D eigenvalue weighted by atomic mass is 9.88. The molecule has 0 aromatic heterocycles. The highest BCUT2D eigenvalue weighted by molar-refractivity contribution is 7.89. The van der Waals surface area contributed by atoms with Crippen LogP contribution in [0.25, 0.3) is 0 Å². The van der Waals surface area contributed by atoms with Crippen LogP contribution in [0.5, 0.6) is 0 Å². The first-order valence-electron chi connectivity index (χ1n) is 7.27. The molecular formula is C15H23ClN2O2S. The van der Waals surface area contributed by atoms with E-state index in [1.807, 2.05) is 6.92 Å². The van der Waals surface area contributed by atoms with E-state index in [0.29, 0.717) is 29.9 Å². The zero-order valence-electron chi connectivity index (χ0n) is 12.7. The Bertz CT molecular complexity index is 618. The molecular weight excluding hydrogens is 308 g/mol. The van der Waals surface area contributed by atoms with Gasteiger partial charge in [-0.1, -0.05) is 31.5 Å².